The van der Waals surface area contributed by atoms with Gasteiger partial charge in [-0.25, -0.2) is 4.79 Å². The van der Waals surface area contributed by atoms with E-state index in [0.717, 1.165) is 0 Å². The predicted molar refractivity (Wildman–Crippen MR) is 77.9 cm³/mol. The van der Waals surface area contributed by atoms with Gasteiger partial charge in [-0.2, -0.15) is 0 Å². The molecule has 1 aromatic heterocycles. The number of benzene rings is 1. The lowest BCUT2D eigenvalue weighted by atomic mass is 10.0. The zero-order valence-electron chi connectivity index (χ0n) is 11.9. The summed E-state index contributed by atoms with van der Waals surface area (Å²) in [5, 5.41) is 11.7. The lowest BCUT2D eigenvalue weighted by Crippen LogP contribution is -2.41. The first kappa shape index (κ1) is 14.9. The van der Waals surface area contributed by atoms with Crippen molar-refractivity contribution in [3.8, 4) is 0 Å². The van der Waals surface area contributed by atoms with Gasteiger partial charge in [0.25, 0.3) is 5.91 Å². The maximum atomic E-state index is 12.3. The van der Waals surface area contributed by atoms with Crippen LogP contribution in [0.5, 0.6) is 0 Å². The van der Waals surface area contributed by atoms with Crippen molar-refractivity contribution in [1.82, 2.24) is 15.3 Å². The van der Waals surface area contributed by atoms with Crippen LogP contribution in [0.1, 0.15) is 30.6 Å². The number of carbonyl (C=O) groups excluding carboxylic acids is 1. The van der Waals surface area contributed by atoms with Gasteiger partial charge < -0.3 is 10.4 Å². The Hall–Kier alpha value is -2.50. The zero-order valence-corrected chi connectivity index (χ0v) is 11.9. The molecule has 2 N–H and O–H groups in total. The summed E-state index contributed by atoms with van der Waals surface area (Å²) in [6.45, 7) is 3.82. The van der Waals surface area contributed by atoms with Gasteiger partial charge in [-0.15, -0.1) is 0 Å². The van der Waals surface area contributed by atoms with E-state index >= 15 is 0 Å². The van der Waals surface area contributed by atoms with Gasteiger partial charge in [0.15, 0.2) is 0 Å². The molecule has 0 aliphatic carbocycles. The van der Waals surface area contributed by atoms with Gasteiger partial charge in [-0.05, 0) is 24.5 Å². The van der Waals surface area contributed by atoms with E-state index in [9.17, 15) is 14.7 Å². The Morgan fingerprint density at radius 3 is 2.62 bits per heavy atom. The molecule has 1 aromatic carbocycles. The standard InChI is InChI=1S/C15H17N3O3/c1-9(2)8-12(15(20)21)18-14(19)10-4-3-5-11-13(10)17-7-6-16-11/h3-7,9,12H,8H2,1-2H3,(H,18,19)(H,20,21)/t12-/m1/s1. The lowest BCUT2D eigenvalue weighted by molar-refractivity contribution is -0.139. The number of rotatable bonds is 5. The monoisotopic (exact) mass is 287 g/mol. The van der Waals surface area contributed by atoms with Crippen LogP contribution in [0.25, 0.3) is 11.0 Å². The maximum absolute atomic E-state index is 12.3. The number of fused-ring (bicyclic) bond motifs is 1. The molecule has 0 fully saturated rings. The number of carboxylic acid groups (broad SMARTS) is 1. The van der Waals surface area contributed by atoms with Crippen molar-refractivity contribution >= 4 is 22.9 Å². The van der Waals surface area contributed by atoms with Crippen LogP contribution in [0.4, 0.5) is 0 Å². The Morgan fingerprint density at radius 1 is 1.24 bits per heavy atom. The van der Waals surface area contributed by atoms with Crippen molar-refractivity contribution in [3.05, 3.63) is 36.2 Å². The molecule has 110 valence electrons. The Balaban J connectivity index is 2.27. The largest absolute Gasteiger partial charge is 0.480 e. The average molecular weight is 287 g/mol. The van der Waals surface area contributed by atoms with Crippen LogP contribution in [0.15, 0.2) is 30.6 Å². The van der Waals surface area contributed by atoms with E-state index < -0.39 is 17.9 Å². The first-order chi connectivity index (χ1) is 9.99. The summed E-state index contributed by atoms with van der Waals surface area (Å²) in [6.07, 6.45) is 3.42. The van der Waals surface area contributed by atoms with Crippen molar-refractivity contribution < 1.29 is 14.7 Å². The van der Waals surface area contributed by atoms with Gasteiger partial charge in [0, 0.05) is 12.4 Å². The second kappa shape index (κ2) is 6.30. The van der Waals surface area contributed by atoms with Gasteiger partial charge in [0.2, 0.25) is 0 Å². The van der Waals surface area contributed by atoms with Gasteiger partial charge in [0.1, 0.15) is 11.6 Å². The Labute approximate surface area is 122 Å². The van der Waals surface area contributed by atoms with Crippen molar-refractivity contribution in [2.24, 2.45) is 5.92 Å². The lowest BCUT2D eigenvalue weighted by Gasteiger charge is -2.16. The smallest absolute Gasteiger partial charge is 0.326 e. The molecule has 6 heteroatoms. The van der Waals surface area contributed by atoms with Gasteiger partial charge in [-0.1, -0.05) is 19.9 Å². The minimum absolute atomic E-state index is 0.165. The molecular formula is C15H17N3O3. The molecule has 2 rings (SSSR count). The summed E-state index contributed by atoms with van der Waals surface area (Å²) in [5.41, 5.74) is 1.39. The van der Waals surface area contributed by atoms with Crippen LogP contribution in [0.2, 0.25) is 0 Å². The number of hydrogen-bond acceptors (Lipinski definition) is 4. The summed E-state index contributed by atoms with van der Waals surface area (Å²) in [5.74, 6) is -1.32. The summed E-state index contributed by atoms with van der Waals surface area (Å²) >= 11 is 0. The molecule has 0 saturated heterocycles. The predicted octanol–water partition coefficient (Wildman–Crippen LogP) is 1.86. The van der Waals surface area contributed by atoms with E-state index in [2.05, 4.69) is 15.3 Å². The normalized spacial score (nSPS) is 12.3. The Morgan fingerprint density at radius 2 is 1.95 bits per heavy atom. The summed E-state index contributed by atoms with van der Waals surface area (Å²) in [4.78, 5) is 31.8. The van der Waals surface area contributed by atoms with Gasteiger partial charge >= 0.3 is 5.97 Å². The first-order valence-electron chi connectivity index (χ1n) is 6.72. The molecule has 0 bridgehead atoms. The molecule has 2 aromatic rings. The minimum atomic E-state index is -1.04. The third kappa shape index (κ3) is 3.53. The first-order valence-corrected chi connectivity index (χ1v) is 6.72. The van der Waals surface area contributed by atoms with E-state index in [-0.39, 0.29) is 5.92 Å². The molecule has 0 radical (unpaired) electrons. The van der Waals surface area contributed by atoms with E-state index in [1.54, 1.807) is 24.4 Å². The van der Waals surface area contributed by atoms with E-state index in [1.807, 2.05) is 13.8 Å². The number of amides is 1. The number of carbonyl (C=O) groups is 2. The Kier molecular flexibility index (Phi) is 4.47. The zero-order chi connectivity index (χ0) is 15.4. The molecule has 0 unspecified atom stereocenters. The van der Waals surface area contributed by atoms with E-state index in [0.29, 0.717) is 23.0 Å². The number of nitrogens with zero attached hydrogens (tertiary/aromatic N) is 2. The highest BCUT2D eigenvalue weighted by Crippen LogP contribution is 2.14. The van der Waals surface area contributed by atoms with Crippen LogP contribution in [-0.4, -0.2) is 33.0 Å². The van der Waals surface area contributed by atoms with Crippen LogP contribution in [0, 0.1) is 5.92 Å². The average Bonchev–Trinajstić information content (AvgIpc) is 2.45. The number of nitrogens with one attached hydrogen (secondary N) is 1. The molecule has 21 heavy (non-hydrogen) atoms. The molecule has 0 aliphatic heterocycles. The van der Waals surface area contributed by atoms with Crippen molar-refractivity contribution in [1.29, 1.82) is 0 Å². The molecule has 0 aliphatic rings. The quantitative estimate of drug-likeness (QED) is 0.875. The molecule has 1 amide bonds. The highest BCUT2D eigenvalue weighted by Gasteiger charge is 2.22. The van der Waals surface area contributed by atoms with E-state index in [1.165, 1.54) is 6.20 Å². The summed E-state index contributed by atoms with van der Waals surface area (Å²) in [6, 6.07) is 4.15. The number of aromatic nitrogens is 2. The van der Waals surface area contributed by atoms with Crippen LogP contribution >= 0.6 is 0 Å². The number of aliphatic carboxylic acids is 1. The fourth-order valence-corrected chi connectivity index (χ4v) is 2.10. The third-order valence-electron chi connectivity index (χ3n) is 3.05. The number of carboxylic acids is 1. The highest BCUT2D eigenvalue weighted by atomic mass is 16.4. The SMILES string of the molecule is CC(C)C[C@@H](NC(=O)c1cccc2nccnc12)C(=O)O. The molecule has 0 spiro atoms. The van der Waals surface area contributed by atoms with E-state index in [4.69, 9.17) is 0 Å². The highest BCUT2D eigenvalue weighted by molar-refractivity contribution is 6.05. The molecule has 6 nitrogen and oxygen atoms in total. The molecule has 1 heterocycles. The Bertz CT molecular complexity index is 665. The van der Waals surface area contributed by atoms with Gasteiger partial charge in [-0.3, -0.25) is 14.8 Å². The third-order valence-corrected chi connectivity index (χ3v) is 3.05. The summed E-state index contributed by atoms with van der Waals surface area (Å²) in [7, 11) is 0. The minimum Gasteiger partial charge on any atom is -0.480 e. The molecular weight excluding hydrogens is 270 g/mol. The fraction of sp³-hybridized carbons (Fsp3) is 0.333. The fourth-order valence-electron chi connectivity index (χ4n) is 2.10. The second-order valence-electron chi connectivity index (χ2n) is 5.22. The maximum Gasteiger partial charge on any atom is 0.326 e. The van der Waals surface area contributed by atoms with Crippen molar-refractivity contribution in [3.63, 3.8) is 0 Å². The topological polar surface area (TPSA) is 92.2 Å². The second-order valence-corrected chi connectivity index (χ2v) is 5.22. The van der Waals surface area contributed by atoms with Gasteiger partial charge in [0.05, 0.1) is 11.1 Å². The van der Waals surface area contributed by atoms with Crippen LogP contribution in [0.3, 0.4) is 0 Å². The van der Waals surface area contributed by atoms with Crippen LogP contribution in [-0.2, 0) is 4.79 Å². The molecule has 0 saturated carbocycles. The van der Waals surface area contributed by atoms with Crippen molar-refractivity contribution in [2.75, 3.05) is 0 Å². The van der Waals surface area contributed by atoms with Crippen LogP contribution < -0.4 is 5.32 Å². The summed E-state index contributed by atoms with van der Waals surface area (Å²) < 4.78 is 0. The number of hydrogen-bond donors (Lipinski definition) is 2. The molecule has 1 atom stereocenters. The van der Waals surface area contributed by atoms with Crippen molar-refractivity contribution in [2.45, 2.75) is 26.3 Å². The number of para-hydroxylation sites is 1.